The van der Waals surface area contributed by atoms with Crippen LogP contribution in [0, 0.1) is 53.3 Å². The summed E-state index contributed by atoms with van der Waals surface area (Å²) < 4.78 is 19.7. The van der Waals surface area contributed by atoms with E-state index in [4.69, 9.17) is 13.9 Å². The standard InChI is InChI=1S/C53H84N2O6/c1-34-7-9-40(10-8-34)52-54-55-53(61-52)41-17-11-35(12-18-41)42-23-32-48(36-13-15-37(16-14-36)50(57)38-19-24-43(56)25-20-38)49(33-42)51(58)39-21-26-45(27-22-39)60-47-30-28-46(29-31-47)59-44-5-3-2-4-6-44/h34-49,56H,2-33H2,1H3. The number of aliphatic hydroxyl groups excluding tert-OH is 1. The number of carbonyl (C=O) groups is 2. The van der Waals surface area contributed by atoms with Crippen LogP contribution in [0.3, 0.4) is 0 Å². The third-order valence-corrected chi connectivity index (χ3v) is 18.8. The Bertz CT molecular complexity index is 1510. The van der Waals surface area contributed by atoms with Gasteiger partial charge in [-0.25, -0.2) is 0 Å². The molecule has 8 fully saturated rings. The van der Waals surface area contributed by atoms with Gasteiger partial charge in [0.05, 0.1) is 30.5 Å². The van der Waals surface area contributed by atoms with Gasteiger partial charge in [-0.15, -0.1) is 10.2 Å². The topological polar surface area (TPSA) is 112 Å². The quantitative estimate of drug-likeness (QED) is 0.221. The molecule has 0 radical (unpaired) electrons. The molecule has 1 N–H and O–H groups in total. The van der Waals surface area contributed by atoms with E-state index in [1.165, 1.54) is 83.5 Å². The predicted octanol–water partition coefficient (Wildman–Crippen LogP) is 12.4. The maximum Gasteiger partial charge on any atom is 0.219 e. The maximum absolute atomic E-state index is 15.0. The molecule has 61 heavy (non-hydrogen) atoms. The molecule has 0 aromatic carbocycles. The van der Waals surface area contributed by atoms with E-state index < -0.39 is 0 Å². The van der Waals surface area contributed by atoms with Crippen LogP contribution in [-0.4, -0.2) is 57.4 Å². The highest BCUT2D eigenvalue weighted by Crippen LogP contribution is 2.51. The summed E-state index contributed by atoms with van der Waals surface area (Å²) in [7, 11) is 0. The van der Waals surface area contributed by atoms with Gasteiger partial charge in [-0.3, -0.25) is 9.59 Å². The van der Waals surface area contributed by atoms with Gasteiger partial charge in [0.2, 0.25) is 11.8 Å². The number of aromatic nitrogens is 2. The van der Waals surface area contributed by atoms with E-state index in [0.717, 1.165) is 140 Å². The lowest BCUT2D eigenvalue weighted by molar-refractivity contribution is -0.136. The van der Waals surface area contributed by atoms with Crippen LogP contribution in [0.5, 0.6) is 0 Å². The van der Waals surface area contributed by atoms with Gasteiger partial charge in [-0.1, -0.05) is 26.2 Å². The van der Waals surface area contributed by atoms with E-state index in [2.05, 4.69) is 17.1 Å². The summed E-state index contributed by atoms with van der Waals surface area (Å²) >= 11 is 0. The second kappa shape index (κ2) is 21.1. The Morgan fingerprint density at radius 1 is 0.475 bits per heavy atom. The molecule has 3 unspecified atom stereocenters. The number of ketones is 2. The Morgan fingerprint density at radius 3 is 1.49 bits per heavy atom. The Morgan fingerprint density at radius 2 is 0.918 bits per heavy atom. The SMILES string of the molecule is CC1CCC(c2nnc(C3CCC(C4CCC(C5CCC(C(=O)C6CCC(O)CC6)CC5)C(C(=O)C5CCC(OC6CCC(OC7CCCCC7)CC6)CC5)C4)CC3)o2)CC1. The molecule has 9 rings (SSSR count). The molecule has 1 heterocycles. The number of carbonyl (C=O) groups excluding carboxylic acids is 2. The zero-order valence-electron chi connectivity index (χ0n) is 38.2. The summed E-state index contributed by atoms with van der Waals surface area (Å²) in [6, 6.07) is 0. The van der Waals surface area contributed by atoms with Gasteiger partial charge >= 0.3 is 0 Å². The number of aliphatic hydroxyl groups is 1. The van der Waals surface area contributed by atoms with E-state index >= 15 is 0 Å². The molecule has 0 aliphatic heterocycles. The fourth-order valence-corrected chi connectivity index (χ4v) is 14.8. The van der Waals surface area contributed by atoms with Crippen LogP contribution in [0.15, 0.2) is 4.42 Å². The van der Waals surface area contributed by atoms with Crippen molar-refractivity contribution < 1.29 is 28.6 Å². The largest absolute Gasteiger partial charge is 0.425 e. The summed E-state index contributed by atoms with van der Waals surface area (Å²) in [6.45, 7) is 2.36. The predicted molar refractivity (Wildman–Crippen MR) is 238 cm³/mol. The molecule has 0 amide bonds. The highest BCUT2D eigenvalue weighted by Gasteiger charge is 2.46. The van der Waals surface area contributed by atoms with Crippen molar-refractivity contribution in [2.45, 2.75) is 255 Å². The molecule has 3 atom stereocenters. The summed E-state index contributed by atoms with van der Waals surface area (Å²) in [5, 5.41) is 19.2. The van der Waals surface area contributed by atoms with Crippen molar-refractivity contribution in [1.82, 2.24) is 10.2 Å². The third kappa shape index (κ3) is 11.3. The van der Waals surface area contributed by atoms with Crippen molar-refractivity contribution in [3.63, 3.8) is 0 Å². The summed E-state index contributed by atoms with van der Waals surface area (Å²) in [5.74, 6) is 7.54. The minimum Gasteiger partial charge on any atom is -0.425 e. The average molecular weight is 845 g/mol. The Kier molecular flexibility index (Phi) is 15.4. The number of hydrogen-bond donors (Lipinski definition) is 1. The van der Waals surface area contributed by atoms with E-state index in [1.807, 2.05) is 0 Å². The molecule has 1 aromatic heterocycles. The van der Waals surface area contributed by atoms with Gasteiger partial charge in [0.15, 0.2) is 0 Å². The van der Waals surface area contributed by atoms with Gasteiger partial charge < -0.3 is 19.0 Å². The molecule has 1 aromatic rings. The van der Waals surface area contributed by atoms with E-state index in [9.17, 15) is 14.7 Å². The summed E-state index contributed by atoms with van der Waals surface area (Å²) in [6.07, 6.45) is 37.1. The molecule has 8 saturated carbocycles. The number of rotatable bonds is 12. The first kappa shape index (κ1) is 44.6. The smallest absolute Gasteiger partial charge is 0.219 e. The Balaban J connectivity index is 0.786. The van der Waals surface area contributed by atoms with Crippen LogP contribution in [0.1, 0.15) is 236 Å². The zero-order chi connectivity index (χ0) is 41.7. The highest BCUT2D eigenvalue weighted by atomic mass is 16.5. The van der Waals surface area contributed by atoms with Crippen LogP contribution < -0.4 is 0 Å². The lowest BCUT2D eigenvalue weighted by atomic mass is 9.58. The second-order valence-electron chi connectivity index (χ2n) is 22.7. The average Bonchev–Trinajstić information content (AvgIpc) is 3.81. The lowest BCUT2D eigenvalue weighted by Crippen LogP contribution is -2.42. The van der Waals surface area contributed by atoms with Gasteiger partial charge in [-0.2, -0.15) is 0 Å². The van der Waals surface area contributed by atoms with Crippen LogP contribution in [0.25, 0.3) is 0 Å². The van der Waals surface area contributed by atoms with Gasteiger partial charge in [0, 0.05) is 35.5 Å². The van der Waals surface area contributed by atoms with Crippen molar-refractivity contribution >= 4 is 11.6 Å². The third-order valence-electron chi connectivity index (χ3n) is 18.8. The lowest BCUT2D eigenvalue weighted by Gasteiger charge is -2.46. The van der Waals surface area contributed by atoms with Crippen molar-refractivity contribution in [1.29, 1.82) is 0 Å². The zero-order valence-corrected chi connectivity index (χ0v) is 38.2. The number of nitrogens with zero attached hydrogens (tertiary/aromatic N) is 2. The first-order valence-corrected chi connectivity index (χ1v) is 26.7. The summed E-state index contributed by atoms with van der Waals surface area (Å²) in [4.78, 5) is 28.6. The van der Waals surface area contributed by atoms with Crippen molar-refractivity contribution in [3.05, 3.63) is 11.8 Å². The van der Waals surface area contributed by atoms with E-state index in [0.29, 0.717) is 71.5 Å². The minimum atomic E-state index is -0.216. The normalized spacial score (nSPS) is 42.2. The first-order chi connectivity index (χ1) is 29.8. The van der Waals surface area contributed by atoms with Gasteiger partial charge in [-0.05, 0) is 216 Å². The molecular formula is C53H84N2O6. The van der Waals surface area contributed by atoms with Crippen molar-refractivity contribution in [3.8, 4) is 0 Å². The van der Waals surface area contributed by atoms with Crippen LogP contribution >= 0.6 is 0 Å². The van der Waals surface area contributed by atoms with E-state index in [1.54, 1.807) is 0 Å². The molecule has 0 bridgehead atoms. The monoisotopic (exact) mass is 845 g/mol. The van der Waals surface area contributed by atoms with Gasteiger partial charge in [0.25, 0.3) is 0 Å². The Hall–Kier alpha value is -1.64. The molecule has 342 valence electrons. The van der Waals surface area contributed by atoms with E-state index in [-0.39, 0.29) is 29.8 Å². The highest BCUT2D eigenvalue weighted by molar-refractivity contribution is 5.84. The van der Waals surface area contributed by atoms with Crippen LogP contribution in [-0.2, 0) is 19.1 Å². The maximum atomic E-state index is 15.0. The molecule has 8 aliphatic carbocycles. The Labute approximate surface area is 369 Å². The first-order valence-electron chi connectivity index (χ1n) is 26.7. The molecule has 8 aliphatic rings. The minimum absolute atomic E-state index is 0.155. The number of Topliss-reactive ketones (excluding diaryl/α,β-unsaturated/α-hetero) is 2. The summed E-state index contributed by atoms with van der Waals surface area (Å²) in [5.41, 5.74) is 0. The van der Waals surface area contributed by atoms with Gasteiger partial charge in [0.1, 0.15) is 11.6 Å². The van der Waals surface area contributed by atoms with Crippen LogP contribution in [0.4, 0.5) is 0 Å². The fourth-order valence-electron chi connectivity index (χ4n) is 14.8. The van der Waals surface area contributed by atoms with Crippen LogP contribution in [0.2, 0.25) is 0 Å². The number of hydrogen-bond acceptors (Lipinski definition) is 8. The molecule has 8 nitrogen and oxygen atoms in total. The molecule has 0 saturated heterocycles. The number of ether oxygens (including phenoxy) is 2. The second-order valence-corrected chi connectivity index (χ2v) is 22.7. The molecule has 8 heteroatoms. The van der Waals surface area contributed by atoms with Crippen molar-refractivity contribution in [2.24, 2.45) is 53.3 Å². The molecular weight excluding hydrogens is 761 g/mol. The molecule has 0 spiro atoms. The van der Waals surface area contributed by atoms with Crippen molar-refractivity contribution in [2.75, 3.05) is 0 Å². The fraction of sp³-hybridized carbons (Fsp3) is 0.925.